The van der Waals surface area contributed by atoms with Crippen molar-refractivity contribution in [2.24, 2.45) is 11.1 Å². The van der Waals surface area contributed by atoms with Gasteiger partial charge in [-0.1, -0.05) is 35.8 Å². The van der Waals surface area contributed by atoms with E-state index in [-0.39, 0.29) is 5.41 Å². The van der Waals surface area contributed by atoms with Crippen LogP contribution in [0.25, 0.3) is 0 Å². The topological polar surface area (TPSA) is 35.2 Å². The van der Waals surface area contributed by atoms with Gasteiger partial charge in [0.25, 0.3) is 0 Å². The van der Waals surface area contributed by atoms with E-state index in [1.807, 2.05) is 24.3 Å². The van der Waals surface area contributed by atoms with E-state index in [4.69, 9.17) is 10.5 Å². The molecule has 0 heterocycles. The average molecular weight is 300 g/mol. The van der Waals surface area contributed by atoms with Crippen LogP contribution in [0.2, 0.25) is 0 Å². The fourth-order valence-corrected chi connectivity index (χ4v) is 1.93. The van der Waals surface area contributed by atoms with Gasteiger partial charge in [-0.3, -0.25) is 0 Å². The minimum absolute atomic E-state index is 0.260. The Kier molecular flexibility index (Phi) is 6.00. The Morgan fingerprint density at radius 3 is 2.71 bits per heavy atom. The second-order valence-corrected chi connectivity index (χ2v) is 6.05. The fourth-order valence-electron chi connectivity index (χ4n) is 1.55. The van der Waals surface area contributed by atoms with Gasteiger partial charge >= 0.3 is 0 Å². The number of hydrogen-bond acceptors (Lipinski definition) is 2. The monoisotopic (exact) mass is 299 g/mol. The van der Waals surface area contributed by atoms with Crippen LogP contribution in [0.5, 0.6) is 5.75 Å². The van der Waals surface area contributed by atoms with Crippen LogP contribution in [0.4, 0.5) is 0 Å². The third kappa shape index (κ3) is 6.08. The molecule has 0 bridgehead atoms. The molecule has 0 radical (unpaired) electrons. The highest BCUT2D eigenvalue weighted by Crippen LogP contribution is 2.22. The highest BCUT2D eigenvalue weighted by molar-refractivity contribution is 9.10. The van der Waals surface area contributed by atoms with Crippen LogP contribution in [0.15, 0.2) is 28.7 Å². The lowest BCUT2D eigenvalue weighted by molar-refractivity contribution is 0.278. The van der Waals surface area contributed by atoms with Crippen LogP contribution in [-0.2, 0) is 0 Å². The summed E-state index contributed by atoms with van der Waals surface area (Å²) >= 11 is 3.43. The van der Waals surface area contributed by atoms with Crippen LogP contribution in [0, 0.1) is 5.41 Å². The third-order valence-corrected chi connectivity index (χ3v) is 3.36. The van der Waals surface area contributed by atoms with Gasteiger partial charge < -0.3 is 10.5 Å². The number of unbranched alkanes of at least 4 members (excludes halogenated alkanes) is 1. The zero-order chi connectivity index (χ0) is 12.7. The molecular formula is C14H22BrNO. The molecule has 1 aromatic rings. The van der Waals surface area contributed by atoms with Crippen molar-refractivity contribution in [3.63, 3.8) is 0 Å². The smallest absolute Gasteiger partial charge is 0.120 e. The molecule has 1 rings (SSSR count). The summed E-state index contributed by atoms with van der Waals surface area (Å²) in [6.07, 6.45) is 3.40. The lowest BCUT2D eigenvalue weighted by Crippen LogP contribution is -2.23. The first-order valence-electron chi connectivity index (χ1n) is 6.12. The molecule has 0 aliphatic heterocycles. The Hall–Kier alpha value is -0.540. The van der Waals surface area contributed by atoms with Crippen molar-refractivity contribution in [1.29, 1.82) is 0 Å². The van der Waals surface area contributed by atoms with Gasteiger partial charge in [0.1, 0.15) is 5.75 Å². The number of hydrogen-bond donors (Lipinski definition) is 1. The largest absolute Gasteiger partial charge is 0.494 e. The van der Waals surface area contributed by atoms with E-state index in [1.165, 1.54) is 0 Å². The summed E-state index contributed by atoms with van der Waals surface area (Å²) in [5, 5.41) is 0. The van der Waals surface area contributed by atoms with Crippen molar-refractivity contribution >= 4 is 15.9 Å². The molecule has 17 heavy (non-hydrogen) atoms. The number of ether oxygens (including phenoxy) is 1. The maximum atomic E-state index is 5.69. The molecule has 1 aromatic carbocycles. The zero-order valence-corrected chi connectivity index (χ0v) is 12.3. The van der Waals surface area contributed by atoms with Crippen LogP contribution in [0.1, 0.15) is 33.1 Å². The highest BCUT2D eigenvalue weighted by atomic mass is 79.9. The van der Waals surface area contributed by atoms with Gasteiger partial charge in [-0.2, -0.15) is 0 Å². The van der Waals surface area contributed by atoms with Crippen molar-refractivity contribution in [3.8, 4) is 5.75 Å². The van der Waals surface area contributed by atoms with Gasteiger partial charge in [-0.25, -0.2) is 0 Å². The van der Waals surface area contributed by atoms with Crippen LogP contribution >= 0.6 is 15.9 Å². The Morgan fingerprint density at radius 1 is 1.29 bits per heavy atom. The van der Waals surface area contributed by atoms with Gasteiger partial charge in [0.2, 0.25) is 0 Å². The molecule has 0 fully saturated rings. The van der Waals surface area contributed by atoms with E-state index >= 15 is 0 Å². The maximum absolute atomic E-state index is 5.69. The molecule has 0 unspecified atom stereocenters. The molecule has 96 valence electrons. The predicted molar refractivity (Wildman–Crippen MR) is 76.3 cm³/mol. The summed E-state index contributed by atoms with van der Waals surface area (Å²) in [5.74, 6) is 0.928. The summed E-state index contributed by atoms with van der Waals surface area (Å²) in [4.78, 5) is 0. The lowest BCUT2D eigenvalue weighted by Gasteiger charge is -2.21. The van der Waals surface area contributed by atoms with Crippen molar-refractivity contribution in [1.82, 2.24) is 0 Å². The molecule has 0 aromatic heterocycles. The highest BCUT2D eigenvalue weighted by Gasteiger charge is 2.14. The van der Waals surface area contributed by atoms with Gasteiger partial charge in [0, 0.05) is 4.47 Å². The summed E-state index contributed by atoms with van der Waals surface area (Å²) in [7, 11) is 0. The van der Waals surface area contributed by atoms with Crippen LogP contribution < -0.4 is 10.5 Å². The molecule has 3 heteroatoms. The molecular weight excluding hydrogens is 278 g/mol. The first-order chi connectivity index (χ1) is 8.03. The van der Waals surface area contributed by atoms with Gasteiger partial charge in [0.05, 0.1) is 6.61 Å². The standard InChI is InChI=1S/C14H22BrNO/c1-14(2,11-16)8-3-4-9-17-13-7-5-6-12(15)10-13/h5-7,10H,3-4,8-9,11,16H2,1-2H3. The Labute approximate surface area is 113 Å². The first kappa shape index (κ1) is 14.5. The van der Waals surface area contributed by atoms with E-state index < -0.39 is 0 Å². The molecule has 2 nitrogen and oxygen atoms in total. The molecule has 2 N–H and O–H groups in total. The molecule has 0 spiro atoms. The van der Waals surface area contributed by atoms with Crippen molar-refractivity contribution in [3.05, 3.63) is 28.7 Å². The zero-order valence-electron chi connectivity index (χ0n) is 10.7. The second-order valence-electron chi connectivity index (χ2n) is 5.13. The number of benzene rings is 1. The molecule has 0 aliphatic rings. The SMILES string of the molecule is CC(C)(CN)CCCCOc1cccc(Br)c1. The molecule has 0 amide bonds. The quantitative estimate of drug-likeness (QED) is 0.773. The van der Waals surface area contributed by atoms with Crippen molar-refractivity contribution < 1.29 is 4.74 Å². The Balaban J connectivity index is 2.17. The van der Waals surface area contributed by atoms with Crippen molar-refractivity contribution in [2.75, 3.05) is 13.2 Å². The van der Waals surface area contributed by atoms with Crippen molar-refractivity contribution in [2.45, 2.75) is 33.1 Å². The number of nitrogens with two attached hydrogens (primary N) is 1. The second kappa shape index (κ2) is 7.02. The van der Waals surface area contributed by atoms with E-state index in [1.54, 1.807) is 0 Å². The molecule has 0 saturated heterocycles. The Bertz CT molecular complexity index is 339. The fraction of sp³-hybridized carbons (Fsp3) is 0.571. The molecule has 0 aliphatic carbocycles. The summed E-state index contributed by atoms with van der Waals surface area (Å²) in [6.45, 7) is 5.95. The van der Waals surface area contributed by atoms with Gasteiger partial charge in [0.15, 0.2) is 0 Å². The van der Waals surface area contributed by atoms with Gasteiger partial charge in [-0.15, -0.1) is 0 Å². The normalized spacial score (nSPS) is 11.5. The van der Waals surface area contributed by atoms with Crippen LogP contribution in [-0.4, -0.2) is 13.2 Å². The predicted octanol–water partition coefficient (Wildman–Crippen LogP) is 3.98. The minimum Gasteiger partial charge on any atom is -0.494 e. The number of rotatable bonds is 7. The van der Waals surface area contributed by atoms with E-state index in [0.29, 0.717) is 0 Å². The maximum Gasteiger partial charge on any atom is 0.120 e. The van der Waals surface area contributed by atoms with Crippen LogP contribution in [0.3, 0.4) is 0 Å². The summed E-state index contributed by atoms with van der Waals surface area (Å²) in [5.41, 5.74) is 5.95. The Morgan fingerprint density at radius 2 is 2.06 bits per heavy atom. The molecule has 0 atom stereocenters. The lowest BCUT2D eigenvalue weighted by atomic mass is 9.87. The first-order valence-corrected chi connectivity index (χ1v) is 6.91. The average Bonchev–Trinajstić information content (AvgIpc) is 2.29. The molecule has 0 saturated carbocycles. The van der Waals surface area contributed by atoms with E-state index in [9.17, 15) is 0 Å². The van der Waals surface area contributed by atoms with Gasteiger partial charge in [-0.05, 0) is 49.4 Å². The minimum atomic E-state index is 0.260. The number of halogens is 1. The summed E-state index contributed by atoms with van der Waals surface area (Å²) in [6, 6.07) is 7.95. The van der Waals surface area contributed by atoms with E-state index in [0.717, 1.165) is 42.6 Å². The summed E-state index contributed by atoms with van der Waals surface area (Å²) < 4.78 is 6.73. The van der Waals surface area contributed by atoms with E-state index in [2.05, 4.69) is 29.8 Å². The third-order valence-electron chi connectivity index (χ3n) is 2.87.